The van der Waals surface area contributed by atoms with Crippen LogP contribution in [0.4, 0.5) is 4.39 Å². The number of amides is 1. The van der Waals surface area contributed by atoms with Gasteiger partial charge in [0.1, 0.15) is 20.6 Å². The van der Waals surface area contributed by atoms with Gasteiger partial charge in [0.05, 0.1) is 19.2 Å². The van der Waals surface area contributed by atoms with E-state index in [1.807, 2.05) is 13.8 Å². The fourth-order valence-corrected chi connectivity index (χ4v) is 5.74. The van der Waals surface area contributed by atoms with E-state index in [1.54, 1.807) is 13.8 Å². The first-order chi connectivity index (χ1) is 14.4. The van der Waals surface area contributed by atoms with E-state index in [2.05, 4.69) is 9.35 Å². The van der Waals surface area contributed by atoms with Crippen LogP contribution < -0.4 is 5.14 Å². The number of aliphatic hydroxyl groups is 1. The third-order valence-electron chi connectivity index (χ3n) is 5.14. The maximum absolute atomic E-state index is 14.3. The van der Waals surface area contributed by atoms with Gasteiger partial charge in [-0.1, -0.05) is 13.8 Å². The zero-order chi connectivity index (χ0) is 23.0. The minimum atomic E-state index is -3.52. The zero-order valence-corrected chi connectivity index (χ0v) is 19.7. The molecular formula is C21H28FN3O4S2. The molecule has 170 valence electrons. The molecule has 1 saturated heterocycles. The molecular weight excluding hydrogens is 441 g/mol. The van der Waals surface area contributed by atoms with Crippen molar-refractivity contribution >= 4 is 27.2 Å². The van der Waals surface area contributed by atoms with Gasteiger partial charge < -0.3 is 9.84 Å². The summed E-state index contributed by atoms with van der Waals surface area (Å²) >= 11 is 0.955. The quantitative estimate of drug-likeness (QED) is 0.671. The minimum Gasteiger partial charge on any atom is -0.383 e. The van der Waals surface area contributed by atoms with E-state index in [0.29, 0.717) is 23.8 Å². The minimum absolute atomic E-state index is 0.00549. The Balaban J connectivity index is 1.97. The second-order valence-electron chi connectivity index (χ2n) is 8.55. The lowest BCUT2D eigenvalue weighted by Crippen LogP contribution is -2.17. The molecule has 2 unspecified atom stereocenters. The van der Waals surface area contributed by atoms with Crippen LogP contribution in [0.15, 0.2) is 26.9 Å². The molecule has 1 aromatic carbocycles. The maximum Gasteiger partial charge on any atom is 0.259 e. The van der Waals surface area contributed by atoms with Crippen LogP contribution >= 0.6 is 11.3 Å². The Bertz CT molecular complexity index is 1090. The Kier molecular flexibility index (Phi) is 6.97. The molecule has 1 aliphatic heterocycles. The highest BCUT2D eigenvalue weighted by Crippen LogP contribution is 2.34. The molecule has 0 saturated carbocycles. The van der Waals surface area contributed by atoms with Gasteiger partial charge in [-0.15, -0.1) is 15.7 Å². The summed E-state index contributed by atoms with van der Waals surface area (Å²) in [6.45, 7) is 8.00. The number of rotatable bonds is 6. The topological polar surface area (TPSA) is 115 Å². The molecule has 2 aromatic rings. The lowest BCUT2D eigenvalue weighted by Gasteiger charge is -2.20. The normalized spacial score (nSPS) is 18.9. The number of carbonyl (C=O) groups is 1. The first-order valence-electron chi connectivity index (χ1n) is 10.0. The monoisotopic (exact) mass is 469 g/mol. The van der Waals surface area contributed by atoms with Gasteiger partial charge in [-0.25, -0.2) is 18.7 Å². The lowest BCUT2D eigenvalue weighted by atomic mass is 9.85. The first-order valence-corrected chi connectivity index (χ1v) is 12.4. The second kappa shape index (κ2) is 9.03. The molecule has 1 aliphatic rings. The van der Waals surface area contributed by atoms with Crippen molar-refractivity contribution in [1.82, 2.24) is 4.98 Å². The molecule has 2 atom stereocenters. The number of aromatic nitrogens is 1. The number of nitrogens with two attached hydrogens (primary N) is 1. The van der Waals surface area contributed by atoms with Crippen molar-refractivity contribution in [2.75, 3.05) is 13.2 Å². The van der Waals surface area contributed by atoms with Crippen molar-refractivity contribution in [3.05, 3.63) is 45.8 Å². The number of halogens is 1. The Morgan fingerprint density at radius 2 is 2.19 bits per heavy atom. The van der Waals surface area contributed by atoms with Gasteiger partial charge in [0.25, 0.3) is 5.91 Å². The maximum atomic E-state index is 14.3. The van der Waals surface area contributed by atoms with Gasteiger partial charge in [0.15, 0.2) is 9.92 Å². The number of hydrogen-bond acceptors (Lipinski definition) is 6. The number of nitrogens with zero attached hydrogens (tertiary/aromatic N) is 2. The number of carbonyl (C=O) groups excluding carboxylic acids is 1. The van der Waals surface area contributed by atoms with Crippen LogP contribution in [0.3, 0.4) is 0 Å². The SMILES string of the molecule is CC(C)c1cc(F)cc(C2CCOC2)c1CC(=O)N=S(N)(=O)c1cnc(C(C)(C)O)s1. The second-order valence-corrected chi connectivity index (χ2v) is 11.6. The summed E-state index contributed by atoms with van der Waals surface area (Å²) in [5.74, 6) is -1.03. The molecule has 1 fully saturated rings. The van der Waals surface area contributed by atoms with Crippen LogP contribution in [0.25, 0.3) is 0 Å². The summed E-state index contributed by atoms with van der Waals surface area (Å²) in [4.78, 5) is 16.9. The van der Waals surface area contributed by atoms with Crippen LogP contribution in [0.5, 0.6) is 0 Å². The molecule has 0 bridgehead atoms. The van der Waals surface area contributed by atoms with Gasteiger partial charge in [-0.3, -0.25) is 4.79 Å². The van der Waals surface area contributed by atoms with Crippen molar-refractivity contribution in [1.29, 1.82) is 0 Å². The van der Waals surface area contributed by atoms with E-state index in [-0.39, 0.29) is 28.3 Å². The zero-order valence-electron chi connectivity index (χ0n) is 18.1. The number of thiazole rings is 1. The standard InChI is InChI=1S/C21H28FN3O4S2/c1-12(2)15-7-14(22)8-16(13-5-6-29-11-13)17(15)9-18(26)25-31(23,28)19-10-24-20(30-19)21(3,4)27/h7-8,10,12-13,27H,5-6,9,11H2,1-4H3,(H2,23,25,26,28). The van der Waals surface area contributed by atoms with Gasteiger partial charge in [-0.2, -0.15) is 0 Å². The van der Waals surface area contributed by atoms with E-state index in [9.17, 15) is 18.5 Å². The fraction of sp³-hybridized carbons (Fsp3) is 0.524. The van der Waals surface area contributed by atoms with Crippen LogP contribution in [0.2, 0.25) is 0 Å². The third-order valence-corrected chi connectivity index (χ3v) is 8.36. The van der Waals surface area contributed by atoms with Crippen LogP contribution in [0.1, 0.15) is 67.6 Å². The highest BCUT2D eigenvalue weighted by atomic mass is 32.2. The average Bonchev–Trinajstić information content (AvgIpc) is 3.34. The summed E-state index contributed by atoms with van der Waals surface area (Å²) in [6.07, 6.45) is 1.88. The van der Waals surface area contributed by atoms with Crippen LogP contribution in [-0.4, -0.2) is 33.4 Å². The molecule has 10 heteroatoms. The van der Waals surface area contributed by atoms with Crippen molar-refractivity contribution < 1.29 is 23.2 Å². The van der Waals surface area contributed by atoms with E-state index in [4.69, 9.17) is 9.88 Å². The first kappa shape index (κ1) is 23.9. The van der Waals surface area contributed by atoms with E-state index < -0.39 is 21.4 Å². The van der Waals surface area contributed by atoms with Crippen LogP contribution in [0, 0.1) is 5.82 Å². The Morgan fingerprint density at radius 3 is 2.74 bits per heavy atom. The number of hydrogen-bond donors (Lipinski definition) is 2. The summed E-state index contributed by atoms with van der Waals surface area (Å²) in [6, 6.07) is 2.89. The molecule has 7 nitrogen and oxygen atoms in total. The third kappa shape index (κ3) is 5.56. The summed E-state index contributed by atoms with van der Waals surface area (Å²) in [5, 5.41) is 16.3. The smallest absolute Gasteiger partial charge is 0.259 e. The Hall–Kier alpha value is -1.72. The summed E-state index contributed by atoms with van der Waals surface area (Å²) < 4.78 is 36.6. The molecule has 3 N–H and O–H groups in total. The highest BCUT2D eigenvalue weighted by molar-refractivity contribution is 7.93. The van der Waals surface area contributed by atoms with Gasteiger partial charge in [-0.05, 0) is 55.0 Å². The van der Waals surface area contributed by atoms with Crippen molar-refractivity contribution in [3.8, 4) is 0 Å². The molecule has 0 aliphatic carbocycles. The summed E-state index contributed by atoms with van der Waals surface area (Å²) in [7, 11) is -3.52. The van der Waals surface area contributed by atoms with Crippen molar-refractivity contribution in [2.45, 2.75) is 62.2 Å². The Morgan fingerprint density at radius 1 is 1.48 bits per heavy atom. The largest absolute Gasteiger partial charge is 0.383 e. The number of benzene rings is 1. The summed E-state index contributed by atoms with van der Waals surface area (Å²) in [5.41, 5.74) is 0.921. The van der Waals surface area contributed by atoms with Gasteiger partial charge >= 0.3 is 0 Å². The molecule has 1 aromatic heterocycles. The molecule has 0 spiro atoms. The van der Waals surface area contributed by atoms with E-state index in [1.165, 1.54) is 18.3 Å². The molecule has 3 rings (SSSR count). The molecule has 1 amide bonds. The van der Waals surface area contributed by atoms with E-state index in [0.717, 1.165) is 28.9 Å². The van der Waals surface area contributed by atoms with Gasteiger partial charge in [0.2, 0.25) is 0 Å². The molecule has 0 radical (unpaired) electrons. The van der Waals surface area contributed by atoms with Crippen LogP contribution in [-0.2, 0) is 31.5 Å². The average molecular weight is 470 g/mol. The van der Waals surface area contributed by atoms with Gasteiger partial charge in [0, 0.05) is 12.5 Å². The lowest BCUT2D eigenvalue weighted by molar-refractivity contribution is -0.117. The number of ether oxygens (including phenoxy) is 1. The van der Waals surface area contributed by atoms with Crippen molar-refractivity contribution in [2.24, 2.45) is 9.50 Å². The molecule has 2 heterocycles. The molecule has 31 heavy (non-hydrogen) atoms. The van der Waals surface area contributed by atoms with E-state index >= 15 is 0 Å². The highest BCUT2D eigenvalue weighted by Gasteiger charge is 2.27. The fourth-order valence-electron chi connectivity index (χ4n) is 3.60. The predicted octanol–water partition coefficient (Wildman–Crippen LogP) is 3.61. The Labute approximate surface area is 186 Å². The predicted molar refractivity (Wildman–Crippen MR) is 118 cm³/mol. The van der Waals surface area contributed by atoms with Crippen molar-refractivity contribution in [3.63, 3.8) is 0 Å².